The fourth-order valence-corrected chi connectivity index (χ4v) is 3.32. The molecule has 1 aromatic carbocycles. The van der Waals surface area contributed by atoms with E-state index < -0.39 is 0 Å². The van der Waals surface area contributed by atoms with Crippen molar-refractivity contribution in [2.45, 2.75) is 45.1 Å². The van der Waals surface area contributed by atoms with Crippen LogP contribution in [-0.2, 0) is 0 Å². The molecule has 1 N–H and O–H groups in total. The van der Waals surface area contributed by atoms with Gasteiger partial charge in [0.2, 0.25) is 0 Å². The van der Waals surface area contributed by atoms with Gasteiger partial charge >= 0.3 is 0 Å². The van der Waals surface area contributed by atoms with Gasteiger partial charge in [0.15, 0.2) is 0 Å². The van der Waals surface area contributed by atoms with Gasteiger partial charge in [0.25, 0.3) is 0 Å². The minimum absolute atomic E-state index is 0.579. The van der Waals surface area contributed by atoms with Gasteiger partial charge < -0.3 is 9.84 Å². The van der Waals surface area contributed by atoms with Crippen molar-refractivity contribution in [3.8, 4) is 5.75 Å². The minimum Gasteiger partial charge on any atom is -0.493 e. The molecule has 21 heavy (non-hydrogen) atoms. The van der Waals surface area contributed by atoms with Crippen LogP contribution < -0.4 is 4.74 Å². The van der Waals surface area contributed by atoms with Crippen LogP contribution in [0.2, 0.25) is 0 Å². The van der Waals surface area contributed by atoms with E-state index in [1.54, 1.807) is 0 Å². The normalized spacial score (nSPS) is 15.6. The Labute approximate surface area is 134 Å². The van der Waals surface area contributed by atoms with E-state index in [9.17, 15) is 0 Å². The number of rotatable bonds is 3. The molecule has 0 unspecified atom stereocenters. The number of aliphatic hydroxyl groups excluding tert-OH is 1. The quantitative estimate of drug-likeness (QED) is 0.892. The fraction of sp³-hybridized carbons (Fsp3) is 0.562. The van der Waals surface area contributed by atoms with Gasteiger partial charge in [0.05, 0.1) is 22.6 Å². The first kappa shape index (κ1) is 16.3. The summed E-state index contributed by atoms with van der Waals surface area (Å²) in [5.41, 5.74) is 1.03. The first-order valence-electron chi connectivity index (χ1n) is 7.54. The van der Waals surface area contributed by atoms with E-state index in [0.717, 1.165) is 22.8 Å². The first-order chi connectivity index (χ1) is 10.3. The van der Waals surface area contributed by atoms with E-state index in [2.05, 4.69) is 32.9 Å². The number of nitrogens with zero attached hydrogens (tertiary/aromatic N) is 2. The molecule has 0 bridgehead atoms. The van der Waals surface area contributed by atoms with Gasteiger partial charge in [0, 0.05) is 24.8 Å². The molecule has 0 amide bonds. The average Bonchev–Trinajstić information content (AvgIpc) is 2.93. The zero-order chi connectivity index (χ0) is 15.2. The zero-order valence-electron chi connectivity index (χ0n) is 12.7. The van der Waals surface area contributed by atoms with E-state index in [-0.39, 0.29) is 0 Å². The second kappa shape index (κ2) is 7.80. The van der Waals surface area contributed by atoms with Gasteiger partial charge in [-0.1, -0.05) is 19.3 Å². The maximum absolute atomic E-state index is 7.00. The molecule has 1 fully saturated rings. The lowest BCUT2D eigenvalue weighted by atomic mass is 9.96. The summed E-state index contributed by atoms with van der Waals surface area (Å²) in [4.78, 5) is 0. The number of ether oxygens (including phenoxy) is 1. The van der Waals surface area contributed by atoms with Crippen LogP contribution in [0.5, 0.6) is 5.75 Å². The summed E-state index contributed by atoms with van der Waals surface area (Å²) in [5.74, 6) is 0.879. The molecule has 2 aromatic rings. The van der Waals surface area contributed by atoms with Crippen molar-refractivity contribution in [3.05, 3.63) is 22.8 Å². The molecule has 1 saturated carbocycles. The molecular weight excluding hydrogens is 332 g/mol. The predicted molar refractivity (Wildman–Crippen MR) is 88.9 cm³/mol. The highest BCUT2D eigenvalue weighted by Crippen LogP contribution is 2.33. The van der Waals surface area contributed by atoms with E-state index in [1.165, 1.54) is 37.5 Å². The number of hydrogen-bond donors (Lipinski definition) is 1. The second-order valence-electron chi connectivity index (χ2n) is 5.18. The summed E-state index contributed by atoms with van der Waals surface area (Å²) >= 11 is 3.56. The van der Waals surface area contributed by atoms with E-state index in [0.29, 0.717) is 12.6 Å². The van der Waals surface area contributed by atoms with Gasteiger partial charge in [0.1, 0.15) is 5.75 Å². The summed E-state index contributed by atoms with van der Waals surface area (Å²) in [5, 5.41) is 12.9. The van der Waals surface area contributed by atoms with Crippen LogP contribution in [0, 0.1) is 0 Å². The highest BCUT2D eigenvalue weighted by molar-refractivity contribution is 9.10. The lowest BCUT2D eigenvalue weighted by molar-refractivity contribution is 0.330. The third-order valence-electron chi connectivity index (χ3n) is 3.82. The maximum atomic E-state index is 7.00. The number of aromatic nitrogens is 2. The third-order valence-corrected chi connectivity index (χ3v) is 4.44. The van der Waals surface area contributed by atoms with Crippen molar-refractivity contribution in [2.24, 2.45) is 0 Å². The number of benzene rings is 1. The molecule has 1 aliphatic rings. The maximum Gasteiger partial charge on any atom is 0.135 e. The lowest BCUT2D eigenvalue weighted by Crippen LogP contribution is -2.12. The van der Waals surface area contributed by atoms with Gasteiger partial charge in [-0.05, 0) is 41.8 Å². The Kier molecular flexibility index (Phi) is 6.06. The molecule has 0 saturated heterocycles. The molecule has 0 aliphatic heterocycles. The van der Waals surface area contributed by atoms with Gasteiger partial charge in [-0.2, -0.15) is 5.10 Å². The molecule has 1 aliphatic carbocycles. The third kappa shape index (κ3) is 3.77. The first-order valence-corrected chi connectivity index (χ1v) is 8.33. The number of fused-ring (bicyclic) bond motifs is 1. The molecule has 116 valence electrons. The monoisotopic (exact) mass is 354 g/mol. The van der Waals surface area contributed by atoms with Crippen molar-refractivity contribution in [3.63, 3.8) is 0 Å². The fourth-order valence-electron chi connectivity index (χ4n) is 2.84. The Morgan fingerprint density at radius 1 is 1.29 bits per heavy atom. The van der Waals surface area contributed by atoms with Crippen molar-refractivity contribution in [1.29, 1.82) is 0 Å². The van der Waals surface area contributed by atoms with Crippen LogP contribution in [0.1, 0.15) is 45.1 Å². The Hall–Kier alpha value is -1.07. The lowest BCUT2D eigenvalue weighted by Gasteiger charge is -2.21. The Morgan fingerprint density at radius 3 is 2.67 bits per heavy atom. The van der Waals surface area contributed by atoms with E-state index in [1.807, 2.05) is 13.0 Å². The second-order valence-corrected chi connectivity index (χ2v) is 6.03. The number of aliphatic hydroxyl groups is 1. The number of hydrogen-bond acceptors (Lipinski definition) is 3. The van der Waals surface area contributed by atoms with Crippen molar-refractivity contribution in [1.82, 2.24) is 9.78 Å². The molecule has 4 nitrogen and oxygen atoms in total. The zero-order valence-corrected chi connectivity index (χ0v) is 14.3. The van der Waals surface area contributed by atoms with Crippen LogP contribution in [0.15, 0.2) is 22.8 Å². The summed E-state index contributed by atoms with van der Waals surface area (Å²) in [7, 11) is 1.00. The van der Waals surface area contributed by atoms with Crippen LogP contribution in [0.3, 0.4) is 0 Å². The van der Waals surface area contributed by atoms with Crippen LogP contribution in [-0.4, -0.2) is 28.6 Å². The molecule has 5 heteroatoms. The Balaban J connectivity index is 0.000000774. The Bertz CT molecular complexity index is 577. The SMILES string of the molecule is CCOc1cc2nn(C3CCCCC3)cc2cc1Br.CO. The molecule has 0 radical (unpaired) electrons. The van der Waals surface area contributed by atoms with Crippen molar-refractivity contribution in [2.75, 3.05) is 13.7 Å². The molecule has 1 aromatic heterocycles. The van der Waals surface area contributed by atoms with Gasteiger partial charge in [-0.3, -0.25) is 4.68 Å². The van der Waals surface area contributed by atoms with E-state index >= 15 is 0 Å². The predicted octanol–water partition coefficient (Wildman–Crippen LogP) is 4.31. The molecule has 3 rings (SSSR count). The standard InChI is InChI=1S/C15H19BrN2O.CH4O/c1-2-19-15-9-14-11(8-13(15)16)10-18(17-14)12-6-4-3-5-7-12;1-2/h8-10,12H,2-7H2,1H3;2H,1H3. The van der Waals surface area contributed by atoms with Crippen LogP contribution >= 0.6 is 15.9 Å². The summed E-state index contributed by atoms with van der Waals surface area (Å²) in [6.07, 6.45) is 8.72. The van der Waals surface area contributed by atoms with Crippen LogP contribution in [0.25, 0.3) is 10.9 Å². The van der Waals surface area contributed by atoms with E-state index in [4.69, 9.17) is 14.9 Å². The van der Waals surface area contributed by atoms with Crippen molar-refractivity contribution < 1.29 is 9.84 Å². The summed E-state index contributed by atoms with van der Waals surface area (Å²) < 4.78 is 8.77. The molecule has 1 heterocycles. The molecule has 0 spiro atoms. The molecule has 0 atom stereocenters. The topological polar surface area (TPSA) is 47.3 Å². The smallest absolute Gasteiger partial charge is 0.135 e. The summed E-state index contributed by atoms with van der Waals surface area (Å²) in [6, 6.07) is 4.71. The van der Waals surface area contributed by atoms with Gasteiger partial charge in [-0.15, -0.1) is 0 Å². The highest BCUT2D eigenvalue weighted by Gasteiger charge is 2.17. The Morgan fingerprint density at radius 2 is 2.00 bits per heavy atom. The number of halogens is 1. The minimum atomic E-state index is 0.579. The van der Waals surface area contributed by atoms with Crippen molar-refractivity contribution >= 4 is 26.8 Å². The average molecular weight is 355 g/mol. The molecular formula is C16H23BrN2O2. The van der Waals surface area contributed by atoms with Crippen LogP contribution in [0.4, 0.5) is 0 Å². The summed E-state index contributed by atoms with van der Waals surface area (Å²) in [6.45, 7) is 2.67. The highest BCUT2D eigenvalue weighted by atomic mass is 79.9. The van der Waals surface area contributed by atoms with Gasteiger partial charge in [-0.25, -0.2) is 0 Å². The largest absolute Gasteiger partial charge is 0.493 e.